The second kappa shape index (κ2) is 5.98. The smallest absolute Gasteiger partial charge is 0.322 e. The maximum Gasteiger partial charge on any atom is 0.322 e. The number of aryl methyl sites for hydroxylation is 1. The van der Waals surface area contributed by atoms with Gasteiger partial charge in [-0.2, -0.15) is 0 Å². The maximum atomic E-state index is 12.6. The SMILES string of the molecule is Cc1cc2c(cc1Cl)C(C)N(C(=O)CCC1NC(=O)NC1=O)C2(O)O. The molecule has 9 heteroatoms. The van der Waals surface area contributed by atoms with E-state index in [1.54, 1.807) is 26.0 Å². The van der Waals surface area contributed by atoms with Crippen LogP contribution in [-0.2, 0) is 15.5 Å². The van der Waals surface area contributed by atoms with Crippen LogP contribution < -0.4 is 10.6 Å². The number of imide groups is 1. The molecule has 2 heterocycles. The molecular weight excluding hydrogens is 350 g/mol. The molecule has 2 unspecified atom stereocenters. The van der Waals surface area contributed by atoms with Crippen molar-refractivity contribution in [1.82, 2.24) is 15.5 Å². The van der Waals surface area contributed by atoms with Crippen LogP contribution in [0.5, 0.6) is 0 Å². The number of rotatable bonds is 3. The molecule has 2 aliphatic rings. The highest BCUT2D eigenvalue weighted by molar-refractivity contribution is 6.31. The van der Waals surface area contributed by atoms with Gasteiger partial charge in [0, 0.05) is 17.0 Å². The first-order valence-corrected chi connectivity index (χ1v) is 8.19. The van der Waals surface area contributed by atoms with Crippen molar-refractivity contribution >= 4 is 29.4 Å². The normalized spacial score (nSPS) is 24.1. The molecule has 1 fully saturated rings. The Morgan fingerprint density at radius 3 is 2.64 bits per heavy atom. The fourth-order valence-electron chi connectivity index (χ4n) is 3.31. The second-order valence-electron chi connectivity index (χ2n) is 6.32. The van der Waals surface area contributed by atoms with Crippen LogP contribution >= 0.6 is 11.6 Å². The lowest BCUT2D eigenvalue weighted by atomic mass is 10.0. The fraction of sp³-hybridized carbons (Fsp3) is 0.438. The summed E-state index contributed by atoms with van der Waals surface area (Å²) in [4.78, 5) is 36.2. The summed E-state index contributed by atoms with van der Waals surface area (Å²) >= 11 is 6.10. The van der Waals surface area contributed by atoms with Crippen LogP contribution in [0.15, 0.2) is 12.1 Å². The van der Waals surface area contributed by atoms with Gasteiger partial charge in [-0.15, -0.1) is 0 Å². The molecule has 4 N–H and O–H groups in total. The van der Waals surface area contributed by atoms with Gasteiger partial charge in [-0.05, 0) is 43.5 Å². The molecule has 0 radical (unpaired) electrons. The molecule has 2 aliphatic heterocycles. The number of benzene rings is 1. The van der Waals surface area contributed by atoms with Crippen LogP contribution in [0.2, 0.25) is 5.02 Å². The molecule has 1 saturated heterocycles. The van der Waals surface area contributed by atoms with E-state index in [4.69, 9.17) is 11.6 Å². The largest absolute Gasteiger partial charge is 0.345 e. The number of hydrogen-bond donors (Lipinski definition) is 4. The molecule has 0 spiro atoms. The minimum atomic E-state index is -2.46. The van der Waals surface area contributed by atoms with E-state index < -0.39 is 35.8 Å². The van der Waals surface area contributed by atoms with E-state index in [0.29, 0.717) is 16.1 Å². The van der Waals surface area contributed by atoms with Gasteiger partial charge in [-0.25, -0.2) is 4.79 Å². The zero-order chi connectivity index (χ0) is 18.5. The number of urea groups is 1. The third-order valence-electron chi connectivity index (χ3n) is 4.64. The van der Waals surface area contributed by atoms with Gasteiger partial charge in [-0.1, -0.05) is 11.6 Å². The van der Waals surface area contributed by atoms with Gasteiger partial charge in [-0.3, -0.25) is 19.8 Å². The first-order chi connectivity index (χ1) is 11.6. The Balaban J connectivity index is 1.79. The summed E-state index contributed by atoms with van der Waals surface area (Å²) in [6.45, 7) is 3.40. The lowest BCUT2D eigenvalue weighted by molar-refractivity contribution is -0.266. The van der Waals surface area contributed by atoms with Gasteiger partial charge in [0.1, 0.15) is 6.04 Å². The van der Waals surface area contributed by atoms with E-state index in [-0.39, 0.29) is 18.4 Å². The van der Waals surface area contributed by atoms with Gasteiger partial charge < -0.3 is 15.5 Å². The zero-order valence-electron chi connectivity index (χ0n) is 13.7. The van der Waals surface area contributed by atoms with E-state index >= 15 is 0 Å². The lowest BCUT2D eigenvalue weighted by Crippen LogP contribution is -2.46. The molecule has 8 nitrogen and oxygen atoms in total. The summed E-state index contributed by atoms with van der Waals surface area (Å²) in [6.07, 6.45) is -0.0713. The number of carbonyl (C=O) groups excluding carboxylic acids is 3. The summed E-state index contributed by atoms with van der Waals surface area (Å²) in [5.74, 6) is -3.50. The number of fused-ring (bicyclic) bond motifs is 1. The number of amides is 4. The number of hydrogen-bond acceptors (Lipinski definition) is 5. The molecule has 4 amide bonds. The van der Waals surface area contributed by atoms with E-state index in [9.17, 15) is 24.6 Å². The molecule has 0 saturated carbocycles. The highest BCUT2D eigenvalue weighted by Crippen LogP contribution is 2.45. The van der Waals surface area contributed by atoms with Crippen molar-refractivity contribution in [3.63, 3.8) is 0 Å². The van der Waals surface area contributed by atoms with Gasteiger partial charge >= 0.3 is 6.03 Å². The van der Waals surface area contributed by atoms with Crippen LogP contribution in [-0.4, -0.2) is 39.0 Å². The number of nitrogens with zero attached hydrogens (tertiary/aromatic N) is 1. The molecule has 134 valence electrons. The van der Waals surface area contributed by atoms with Crippen molar-refractivity contribution in [1.29, 1.82) is 0 Å². The first-order valence-electron chi connectivity index (χ1n) is 7.81. The number of aliphatic hydroxyl groups is 2. The topological polar surface area (TPSA) is 119 Å². The van der Waals surface area contributed by atoms with Crippen LogP contribution in [0.25, 0.3) is 0 Å². The lowest BCUT2D eigenvalue weighted by Gasteiger charge is -2.32. The predicted octanol–water partition coefficient (Wildman–Crippen LogP) is 0.635. The Hall–Kier alpha value is -2.16. The Bertz CT molecular complexity index is 779. The van der Waals surface area contributed by atoms with Crippen molar-refractivity contribution in [3.05, 3.63) is 33.8 Å². The monoisotopic (exact) mass is 367 g/mol. The minimum Gasteiger partial charge on any atom is -0.345 e. The van der Waals surface area contributed by atoms with Crippen molar-refractivity contribution in [2.75, 3.05) is 0 Å². The van der Waals surface area contributed by atoms with Gasteiger partial charge in [0.25, 0.3) is 11.8 Å². The number of nitrogens with one attached hydrogen (secondary N) is 2. The van der Waals surface area contributed by atoms with Crippen molar-refractivity contribution in [2.24, 2.45) is 0 Å². The second-order valence-corrected chi connectivity index (χ2v) is 6.72. The standard InChI is InChI=1S/C16H18ClN3O5/c1-7-5-10-9(6-11(7)17)8(2)20(16(10,24)25)13(21)4-3-12-14(22)19-15(23)18-12/h5-6,8,12,24-25H,3-4H2,1-2H3,(H2,18,19,22,23). The zero-order valence-corrected chi connectivity index (χ0v) is 14.4. The van der Waals surface area contributed by atoms with E-state index in [1.165, 1.54) is 0 Å². The Morgan fingerprint density at radius 2 is 2.04 bits per heavy atom. The summed E-state index contributed by atoms with van der Waals surface area (Å²) in [5.41, 5.74) is 1.43. The fourth-order valence-corrected chi connectivity index (χ4v) is 3.48. The molecule has 0 bridgehead atoms. The van der Waals surface area contributed by atoms with Gasteiger partial charge in [0.2, 0.25) is 5.91 Å². The average molecular weight is 368 g/mol. The van der Waals surface area contributed by atoms with Gasteiger partial charge in [0.15, 0.2) is 0 Å². The first kappa shape index (κ1) is 17.7. The van der Waals surface area contributed by atoms with E-state index in [1.807, 2.05) is 0 Å². The van der Waals surface area contributed by atoms with Gasteiger partial charge in [0.05, 0.1) is 6.04 Å². The molecule has 25 heavy (non-hydrogen) atoms. The van der Waals surface area contributed by atoms with Crippen molar-refractivity contribution < 1.29 is 24.6 Å². The maximum absolute atomic E-state index is 12.6. The summed E-state index contributed by atoms with van der Waals surface area (Å²) in [7, 11) is 0. The van der Waals surface area contributed by atoms with Crippen LogP contribution in [0, 0.1) is 6.92 Å². The van der Waals surface area contributed by atoms with Crippen LogP contribution in [0.3, 0.4) is 0 Å². The molecule has 1 aromatic rings. The summed E-state index contributed by atoms with van der Waals surface area (Å²) < 4.78 is 0. The number of carbonyl (C=O) groups is 3. The quantitative estimate of drug-likeness (QED) is 0.461. The third kappa shape index (κ3) is 2.86. The Labute approximate surface area is 148 Å². The van der Waals surface area contributed by atoms with Crippen LogP contribution in [0.1, 0.15) is 42.5 Å². The van der Waals surface area contributed by atoms with Crippen LogP contribution in [0.4, 0.5) is 4.79 Å². The third-order valence-corrected chi connectivity index (χ3v) is 5.05. The highest BCUT2D eigenvalue weighted by atomic mass is 35.5. The molecule has 0 aromatic heterocycles. The van der Waals surface area contributed by atoms with Crippen molar-refractivity contribution in [2.45, 2.75) is 44.7 Å². The molecule has 1 aromatic carbocycles. The number of halogens is 1. The molecule has 3 rings (SSSR count). The Morgan fingerprint density at radius 1 is 1.36 bits per heavy atom. The summed E-state index contributed by atoms with van der Waals surface area (Å²) in [6, 6.07) is 1.17. The highest BCUT2D eigenvalue weighted by Gasteiger charge is 2.49. The minimum absolute atomic E-state index is 0.0613. The molecule has 0 aliphatic carbocycles. The predicted molar refractivity (Wildman–Crippen MR) is 87.3 cm³/mol. The average Bonchev–Trinajstić information content (AvgIpc) is 2.93. The molecule has 2 atom stereocenters. The van der Waals surface area contributed by atoms with E-state index in [0.717, 1.165) is 4.90 Å². The molecular formula is C16H18ClN3O5. The van der Waals surface area contributed by atoms with Crippen molar-refractivity contribution in [3.8, 4) is 0 Å². The Kier molecular flexibility index (Phi) is 4.22. The van der Waals surface area contributed by atoms with E-state index in [2.05, 4.69) is 10.6 Å². The summed E-state index contributed by atoms with van der Waals surface area (Å²) in [5, 5.41) is 26.0.